The number of rotatable bonds is 0. The Morgan fingerprint density at radius 3 is 2.22 bits per heavy atom. The summed E-state index contributed by atoms with van der Waals surface area (Å²) in [6.45, 7) is 0. The third-order valence-electron chi connectivity index (χ3n) is 0.514. The minimum absolute atomic E-state index is 0.639. The first-order valence-corrected chi connectivity index (χ1v) is 6.57. The van der Waals surface area contributed by atoms with Gasteiger partial charge in [0.25, 0.3) is 0 Å². The Morgan fingerprint density at radius 2 is 2.11 bits per heavy atom. The number of nitrogens with zero attached hydrogens (tertiary/aromatic N) is 1. The van der Waals surface area contributed by atoms with Crippen molar-refractivity contribution in [2.24, 2.45) is 0 Å². The summed E-state index contributed by atoms with van der Waals surface area (Å²) in [4.78, 5) is 3.73. The summed E-state index contributed by atoms with van der Waals surface area (Å²) in [7, 11) is 9.81. The van der Waals surface area contributed by atoms with Gasteiger partial charge in [-0.3, -0.25) is 4.98 Å². The Morgan fingerprint density at radius 1 is 1.44 bits per heavy atom. The maximum Gasteiger partial charge on any atom is 0.618 e. The molecule has 45 valence electrons. The van der Waals surface area contributed by atoms with Crippen LogP contribution in [0.2, 0.25) is 0 Å². The zero-order chi connectivity index (χ0) is 6.95. The fourth-order valence-electron chi connectivity index (χ4n) is 0.277. The van der Waals surface area contributed by atoms with Gasteiger partial charge in [-0.25, -0.2) is 0 Å². The third kappa shape index (κ3) is 8.50. The van der Waals surface area contributed by atoms with Crippen LogP contribution in [0.25, 0.3) is 0 Å². The van der Waals surface area contributed by atoms with E-state index in [1.54, 1.807) is 12.4 Å². The van der Waals surface area contributed by atoms with Crippen LogP contribution in [0.1, 0.15) is 0 Å². The second-order valence-electron chi connectivity index (χ2n) is 1.05. The summed E-state index contributed by atoms with van der Waals surface area (Å²) in [6.07, 6.45) is 3.34. The predicted octanol–water partition coefficient (Wildman–Crippen LogP) is 1.88. The first-order chi connectivity index (χ1) is 4.41. The van der Waals surface area contributed by atoms with Crippen molar-refractivity contribution in [2.75, 3.05) is 0 Å². The van der Waals surface area contributed by atoms with E-state index in [0.29, 0.717) is 0 Å². The summed E-state index contributed by atoms with van der Waals surface area (Å²) < 4.78 is 0. The van der Waals surface area contributed by atoms with Crippen LogP contribution in [0, 0.1) is 6.07 Å². The molecule has 0 aliphatic heterocycles. The van der Waals surface area contributed by atoms with E-state index in [2.05, 4.69) is 11.1 Å². The molecule has 0 N–H and O–H groups in total. The molecule has 0 atom stereocenters. The van der Waals surface area contributed by atoms with Crippen LogP contribution >= 0.6 is 18.1 Å². The molecule has 0 aliphatic carbocycles. The maximum atomic E-state index is 4.90. The molecule has 1 heterocycles. The number of aromatic nitrogens is 1. The highest BCUT2D eigenvalue weighted by Crippen LogP contribution is 1.72. The van der Waals surface area contributed by atoms with Crippen molar-refractivity contribution in [3.05, 3.63) is 30.6 Å². The minimum Gasteiger partial charge on any atom is -0.309 e. The van der Waals surface area contributed by atoms with Gasteiger partial charge >= 0.3 is 18.2 Å². The first kappa shape index (κ1) is 9.50. The molecular formula is C5H4Cl2MgN. The normalized spacial score (nSPS) is 6.44. The van der Waals surface area contributed by atoms with Crippen molar-refractivity contribution in [3.63, 3.8) is 0 Å². The number of pyridine rings is 1. The highest BCUT2D eigenvalue weighted by Gasteiger charge is 1.64. The largest absolute Gasteiger partial charge is 0.618 e. The maximum absolute atomic E-state index is 4.90. The lowest BCUT2D eigenvalue weighted by Crippen LogP contribution is -1.59. The Labute approximate surface area is 71.7 Å². The fraction of sp³-hybridized carbons (Fsp3) is 0. The molecule has 0 unspecified atom stereocenters. The molecule has 1 rings (SSSR count). The van der Waals surface area contributed by atoms with E-state index < -0.39 is 18.2 Å². The van der Waals surface area contributed by atoms with Gasteiger partial charge < -0.3 is 18.1 Å². The van der Waals surface area contributed by atoms with Crippen LogP contribution in [-0.2, 0) is 0 Å². The van der Waals surface area contributed by atoms with E-state index in [1.807, 2.05) is 12.1 Å². The second kappa shape index (κ2) is 8.50. The molecule has 1 aromatic rings. The van der Waals surface area contributed by atoms with E-state index in [0.717, 1.165) is 0 Å². The summed E-state index contributed by atoms with van der Waals surface area (Å²) in [6, 6.07) is 6.43. The SMILES string of the molecule is [Cl][Mg][Cl].[c]1cccnc1. The lowest BCUT2D eigenvalue weighted by Gasteiger charge is -1.69. The Bertz CT molecular complexity index is 97.8. The quantitative estimate of drug-likeness (QED) is 0.546. The van der Waals surface area contributed by atoms with Crippen LogP contribution in [0.5, 0.6) is 0 Å². The molecule has 1 aromatic heterocycles. The molecule has 0 spiro atoms. The zero-order valence-corrected chi connectivity index (χ0v) is 7.65. The van der Waals surface area contributed by atoms with E-state index in [4.69, 9.17) is 18.1 Å². The van der Waals surface area contributed by atoms with Gasteiger partial charge in [-0.05, 0) is 6.07 Å². The molecule has 0 aromatic carbocycles. The van der Waals surface area contributed by atoms with Crippen LogP contribution in [0.15, 0.2) is 24.5 Å². The smallest absolute Gasteiger partial charge is 0.309 e. The number of hydrogen-bond acceptors (Lipinski definition) is 1. The molecule has 0 bridgehead atoms. The Balaban J connectivity index is 0.000000187. The van der Waals surface area contributed by atoms with E-state index in [9.17, 15) is 0 Å². The molecule has 0 aliphatic rings. The van der Waals surface area contributed by atoms with Gasteiger partial charge in [-0.15, -0.1) is 0 Å². The average molecular weight is 173 g/mol. The van der Waals surface area contributed by atoms with Gasteiger partial charge in [0.15, 0.2) is 0 Å². The van der Waals surface area contributed by atoms with Crippen molar-refractivity contribution in [3.8, 4) is 0 Å². The Hall–Kier alpha value is 0.496. The highest BCUT2D eigenvalue weighted by molar-refractivity contribution is 7.22. The molecule has 4 heteroatoms. The van der Waals surface area contributed by atoms with Crippen molar-refractivity contribution in [1.82, 2.24) is 4.98 Å². The van der Waals surface area contributed by atoms with Crippen molar-refractivity contribution in [2.45, 2.75) is 0 Å². The van der Waals surface area contributed by atoms with Gasteiger partial charge in [0.2, 0.25) is 0 Å². The minimum atomic E-state index is -0.639. The van der Waals surface area contributed by atoms with E-state index in [-0.39, 0.29) is 0 Å². The van der Waals surface area contributed by atoms with Crippen molar-refractivity contribution >= 4 is 36.3 Å². The van der Waals surface area contributed by atoms with E-state index >= 15 is 0 Å². The van der Waals surface area contributed by atoms with Gasteiger partial charge in [0.1, 0.15) is 0 Å². The van der Waals surface area contributed by atoms with E-state index in [1.165, 1.54) is 0 Å². The van der Waals surface area contributed by atoms with Crippen LogP contribution in [-0.4, -0.2) is 23.1 Å². The molecule has 0 amide bonds. The summed E-state index contributed by atoms with van der Waals surface area (Å²) in [5.41, 5.74) is 0. The molecule has 1 radical (unpaired) electrons. The lowest BCUT2D eigenvalue weighted by atomic mass is 10.5. The van der Waals surface area contributed by atoms with Gasteiger partial charge in [0, 0.05) is 18.5 Å². The standard InChI is InChI=1S/C5H4N.2ClH.Mg/c1-2-4-6-5-3-1;;;/h1-2,4-5H;2*1H;/q;;;+2/p-2. The Kier molecular flexibility index (Phi) is 8.96. The summed E-state index contributed by atoms with van der Waals surface area (Å²) in [5, 5.41) is 0. The van der Waals surface area contributed by atoms with Gasteiger partial charge in [-0.1, -0.05) is 6.07 Å². The molecule has 1 nitrogen and oxygen atoms in total. The molecule has 0 saturated carbocycles. The molecular weight excluding hydrogens is 169 g/mol. The van der Waals surface area contributed by atoms with Crippen LogP contribution in [0.3, 0.4) is 0 Å². The molecule has 9 heavy (non-hydrogen) atoms. The van der Waals surface area contributed by atoms with Crippen LogP contribution < -0.4 is 0 Å². The fourth-order valence-corrected chi connectivity index (χ4v) is 0.277. The monoisotopic (exact) mass is 172 g/mol. The zero-order valence-electron chi connectivity index (χ0n) is 4.72. The molecule has 0 fully saturated rings. The third-order valence-corrected chi connectivity index (χ3v) is 0.514. The van der Waals surface area contributed by atoms with Crippen molar-refractivity contribution < 1.29 is 0 Å². The summed E-state index contributed by atoms with van der Waals surface area (Å²) >= 11 is -0.639. The summed E-state index contributed by atoms with van der Waals surface area (Å²) in [5.74, 6) is 0. The van der Waals surface area contributed by atoms with Gasteiger partial charge in [-0.2, -0.15) is 0 Å². The first-order valence-electron chi connectivity index (χ1n) is 2.29. The number of hydrogen-bond donors (Lipinski definition) is 0. The molecule has 0 saturated heterocycles. The average Bonchev–Trinajstić information content (AvgIpc) is 1.93. The highest BCUT2D eigenvalue weighted by atomic mass is 35.6. The number of halogens is 2. The lowest BCUT2D eigenvalue weighted by molar-refractivity contribution is 1.32. The van der Waals surface area contributed by atoms with Crippen LogP contribution in [0.4, 0.5) is 0 Å². The van der Waals surface area contributed by atoms with Gasteiger partial charge in [0.05, 0.1) is 0 Å². The van der Waals surface area contributed by atoms with Crippen molar-refractivity contribution in [1.29, 1.82) is 0 Å². The second-order valence-corrected chi connectivity index (χ2v) is 3.68. The predicted molar refractivity (Wildman–Crippen MR) is 40.5 cm³/mol. The topological polar surface area (TPSA) is 12.9 Å².